The topological polar surface area (TPSA) is 95.6 Å². The Morgan fingerprint density at radius 1 is 1.19 bits per heavy atom. The fourth-order valence-corrected chi connectivity index (χ4v) is 5.33. The Bertz CT molecular complexity index is 1130. The van der Waals surface area contributed by atoms with Gasteiger partial charge in [-0.3, -0.25) is 4.72 Å². The highest BCUT2D eigenvalue weighted by molar-refractivity contribution is 7.92. The lowest BCUT2D eigenvalue weighted by molar-refractivity contribution is 0.413. The number of piperidine rings is 1. The van der Waals surface area contributed by atoms with E-state index in [1.807, 2.05) is 25.2 Å². The third-order valence-corrected chi connectivity index (χ3v) is 7.45. The first-order chi connectivity index (χ1) is 15.5. The number of aromatic nitrogens is 1. The van der Waals surface area contributed by atoms with E-state index in [4.69, 9.17) is 4.74 Å². The second kappa shape index (κ2) is 9.76. The molecule has 4 rings (SSSR count). The quantitative estimate of drug-likeness (QED) is 0.457. The SMILES string of the molecule is CN[C@@H]1CCCN(c2cc(OC)ccc2Nc2ccc(S(=O)(=O)Nc3cscn3)cc2)C1. The molecule has 0 radical (unpaired) electrons. The summed E-state index contributed by atoms with van der Waals surface area (Å²) in [4.78, 5) is 6.51. The molecule has 2 aromatic carbocycles. The number of ether oxygens (including phenoxy) is 1. The molecule has 10 heteroatoms. The fourth-order valence-electron chi connectivity index (χ4n) is 3.77. The number of methoxy groups -OCH3 is 1. The molecule has 3 aromatic rings. The minimum Gasteiger partial charge on any atom is -0.497 e. The fraction of sp³-hybridized carbons (Fsp3) is 0.318. The maximum absolute atomic E-state index is 12.6. The van der Waals surface area contributed by atoms with Crippen LogP contribution in [0, 0.1) is 0 Å². The standard InChI is InChI=1S/C22H27N5O3S2/c1-23-17-4-3-11-27(13-17)21-12-18(30-2)7-10-20(21)25-16-5-8-19(9-6-16)32(28,29)26-22-14-31-15-24-22/h5-10,12,14-15,17,23,25-26H,3-4,11,13H2,1-2H3/t17-/m1/s1. The molecule has 0 bridgehead atoms. The van der Waals surface area contributed by atoms with Crippen molar-refractivity contribution in [3.05, 3.63) is 53.4 Å². The van der Waals surface area contributed by atoms with Crippen molar-refractivity contribution in [3.63, 3.8) is 0 Å². The molecular formula is C22H27N5O3S2. The van der Waals surface area contributed by atoms with Gasteiger partial charge in [-0.2, -0.15) is 0 Å². The number of nitrogens with zero attached hydrogens (tertiary/aromatic N) is 2. The van der Waals surface area contributed by atoms with Crippen molar-refractivity contribution in [3.8, 4) is 5.75 Å². The van der Waals surface area contributed by atoms with E-state index in [1.165, 1.54) is 11.3 Å². The predicted molar refractivity (Wildman–Crippen MR) is 130 cm³/mol. The summed E-state index contributed by atoms with van der Waals surface area (Å²) in [6.45, 7) is 1.89. The number of sulfonamides is 1. The van der Waals surface area contributed by atoms with Crippen LogP contribution in [0.15, 0.2) is 58.3 Å². The Morgan fingerprint density at radius 3 is 2.69 bits per heavy atom. The number of rotatable bonds is 8. The van der Waals surface area contributed by atoms with Gasteiger partial charge in [-0.1, -0.05) is 0 Å². The Balaban J connectivity index is 1.55. The number of benzene rings is 2. The molecule has 8 nitrogen and oxygen atoms in total. The smallest absolute Gasteiger partial charge is 0.263 e. The van der Waals surface area contributed by atoms with E-state index in [-0.39, 0.29) is 4.90 Å². The molecule has 1 fully saturated rings. The highest BCUT2D eigenvalue weighted by Crippen LogP contribution is 2.34. The van der Waals surface area contributed by atoms with Gasteiger partial charge in [0, 0.05) is 36.3 Å². The van der Waals surface area contributed by atoms with Gasteiger partial charge in [0.25, 0.3) is 10.0 Å². The highest BCUT2D eigenvalue weighted by atomic mass is 32.2. The first-order valence-corrected chi connectivity index (χ1v) is 12.8. The molecule has 1 saturated heterocycles. The predicted octanol–water partition coefficient (Wildman–Crippen LogP) is 3.88. The third kappa shape index (κ3) is 5.14. The second-order valence-corrected chi connectivity index (χ2v) is 9.99. The summed E-state index contributed by atoms with van der Waals surface area (Å²) >= 11 is 1.33. The van der Waals surface area contributed by atoms with E-state index in [2.05, 4.69) is 25.2 Å². The average Bonchev–Trinajstić information content (AvgIpc) is 3.32. The number of thiazole rings is 1. The molecule has 32 heavy (non-hydrogen) atoms. The van der Waals surface area contributed by atoms with Gasteiger partial charge >= 0.3 is 0 Å². The minimum absolute atomic E-state index is 0.180. The summed E-state index contributed by atoms with van der Waals surface area (Å²) in [7, 11) is -0.0194. The van der Waals surface area contributed by atoms with Crippen LogP contribution in [0.25, 0.3) is 0 Å². The van der Waals surface area contributed by atoms with Gasteiger partial charge in [-0.25, -0.2) is 13.4 Å². The van der Waals surface area contributed by atoms with Crippen molar-refractivity contribution >= 4 is 44.2 Å². The zero-order valence-corrected chi connectivity index (χ0v) is 19.7. The molecule has 0 spiro atoms. The highest BCUT2D eigenvalue weighted by Gasteiger charge is 2.21. The molecule has 1 aliphatic heterocycles. The lowest BCUT2D eigenvalue weighted by Crippen LogP contribution is -2.44. The summed E-state index contributed by atoms with van der Waals surface area (Å²) in [5.41, 5.74) is 4.38. The van der Waals surface area contributed by atoms with Crippen LogP contribution in [0.4, 0.5) is 22.9 Å². The van der Waals surface area contributed by atoms with E-state index in [9.17, 15) is 8.42 Å². The molecule has 0 unspecified atom stereocenters. The van der Waals surface area contributed by atoms with Crippen LogP contribution in [0.1, 0.15) is 12.8 Å². The van der Waals surface area contributed by atoms with Crippen LogP contribution in [-0.2, 0) is 10.0 Å². The number of likely N-dealkylation sites (N-methyl/N-ethyl adjacent to an activating group) is 1. The van der Waals surface area contributed by atoms with Gasteiger partial charge in [0.2, 0.25) is 0 Å². The van der Waals surface area contributed by atoms with E-state index >= 15 is 0 Å². The van der Waals surface area contributed by atoms with E-state index in [0.717, 1.165) is 48.7 Å². The average molecular weight is 474 g/mol. The summed E-state index contributed by atoms with van der Waals surface area (Å²) in [5, 5.41) is 8.46. The number of nitrogens with one attached hydrogen (secondary N) is 3. The van der Waals surface area contributed by atoms with Crippen molar-refractivity contribution in [1.29, 1.82) is 0 Å². The van der Waals surface area contributed by atoms with Gasteiger partial charge in [0.15, 0.2) is 5.82 Å². The number of hydrogen-bond donors (Lipinski definition) is 3. The zero-order chi connectivity index (χ0) is 22.6. The molecule has 1 atom stereocenters. The Hall–Kier alpha value is -2.82. The maximum Gasteiger partial charge on any atom is 0.263 e. The van der Waals surface area contributed by atoms with Gasteiger partial charge in [-0.05, 0) is 56.3 Å². The maximum atomic E-state index is 12.6. The van der Waals surface area contributed by atoms with Crippen molar-refractivity contribution in [2.45, 2.75) is 23.8 Å². The monoisotopic (exact) mass is 473 g/mol. The first-order valence-electron chi connectivity index (χ1n) is 10.4. The van der Waals surface area contributed by atoms with Crippen LogP contribution in [0.5, 0.6) is 5.75 Å². The molecule has 1 aliphatic rings. The second-order valence-electron chi connectivity index (χ2n) is 7.59. The molecule has 0 amide bonds. The van der Waals surface area contributed by atoms with Gasteiger partial charge < -0.3 is 20.3 Å². The normalized spacial score (nSPS) is 16.6. The van der Waals surface area contributed by atoms with Crippen molar-refractivity contribution in [2.24, 2.45) is 0 Å². The van der Waals surface area contributed by atoms with Gasteiger partial charge in [0.05, 0.1) is 28.9 Å². The van der Waals surface area contributed by atoms with Crippen molar-refractivity contribution in [2.75, 3.05) is 42.2 Å². The number of anilines is 4. The Morgan fingerprint density at radius 2 is 2.00 bits per heavy atom. The summed E-state index contributed by atoms with van der Waals surface area (Å²) in [6.07, 6.45) is 2.27. The first kappa shape index (κ1) is 22.4. The number of hydrogen-bond acceptors (Lipinski definition) is 8. The van der Waals surface area contributed by atoms with Crippen LogP contribution in [0.2, 0.25) is 0 Å². The molecule has 1 aromatic heterocycles. The molecule has 3 N–H and O–H groups in total. The summed E-state index contributed by atoms with van der Waals surface area (Å²) in [5.74, 6) is 1.12. The van der Waals surface area contributed by atoms with E-state index in [1.54, 1.807) is 42.3 Å². The molecule has 170 valence electrons. The summed E-state index contributed by atoms with van der Waals surface area (Å²) in [6, 6.07) is 13.1. The third-order valence-electron chi connectivity index (χ3n) is 5.49. The molecular weight excluding hydrogens is 446 g/mol. The van der Waals surface area contributed by atoms with Gasteiger partial charge in [-0.15, -0.1) is 11.3 Å². The van der Waals surface area contributed by atoms with E-state index in [0.29, 0.717) is 11.9 Å². The summed E-state index contributed by atoms with van der Waals surface area (Å²) < 4.78 is 33.1. The molecule has 0 aliphatic carbocycles. The largest absolute Gasteiger partial charge is 0.497 e. The Labute approximate surface area is 192 Å². The lowest BCUT2D eigenvalue weighted by atomic mass is 10.0. The van der Waals surface area contributed by atoms with Crippen molar-refractivity contribution in [1.82, 2.24) is 10.3 Å². The van der Waals surface area contributed by atoms with Crippen LogP contribution >= 0.6 is 11.3 Å². The van der Waals surface area contributed by atoms with Gasteiger partial charge in [0.1, 0.15) is 5.75 Å². The lowest BCUT2D eigenvalue weighted by Gasteiger charge is -2.35. The molecule has 0 saturated carbocycles. The van der Waals surface area contributed by atoms with Crippen LogP contribution in [-0.4, -0.2) is 46.7 Å². The molecule has 2 heterocycles. The minimum atomic E-state index is -3.68. The zero-order valence-electron chi connectivity index (χ0n) is 18.0. The van der Waals surface area contributed by atoms with Crippen molar-refractivity contribution < 1.29 is 13.2 Å². The van der Waals surface area contributed by atoms with Crippen LogP contribution < -0.4 is 25.0 Å². The van der Waals surface area contributed by atoms with Crippen LogP contribution in [0.3, 0.4) is 0 Å². The Kier molecular flexibility index (Phi) is 6.83. The van der Waals surface area contributed by atoms with E-state index < -0.39 is 10.0 Å².